The first kappa shape index (κ1) is 57.0. The summed E-state index contributed by atoms with van der Waals surface area (Å²) in [4.78, 5) is 25.1. The molecule has 5 aromatic carbocycles. The van der Waals surface area contributed by atoms with Crippen molar-refractivity contribution >= 4 is 59.1 Å². The summed E-state index contributed by atoms with van der Waals surface area (Å²) in [5, 5.41) is 24.1. The summed E-state index contributed by atoms with van der Waals surface area (Å²) in [6.45, 7) is 8.28. The lowest BCUT2D eigenvalue weighted by Gasteiger charge is -2.23. The molecular weight excluding hydrogens is 945 g/mol. The number of carbonyl (C=O) groups is 2. The van der Waals surface area contributed by atoms with Crippen molar-refractivity contribution in [1.29, 1.82) is 0 Å². The van der Waals surface area contributed by atoms with Gasteiger partial charge in [-0.2, -0.15) is 8.42 Å². The van der Waals surface area contributed by atoms with E-state index in [0.717, 1.165) is 22.3 Å². The lowest BCUT2D eigenvalue weighted by Crippen LogP contribution is -2.31. The highest BCUT2D eigenvalue weighted by atomic mass is 35.5. The molecule has 370 valence electrons. The first-order chi connectivity index (χ1) is 32.8. The number of halogens is 4. The molecule has 3 N–H and O–H groups in total. The summed E-state index contributed by atoms with van der Waals surface area (Å²) < 4.78 is 69.6. The van der Waals surface area contributed by atoms with Gasteiger partial charge in [-0.05, 0) is 149 Å². The van der Waals surface area contributed by atoms with E-state index in [9.17, 15) is 36.8 Å². The van der Waals surface area contributed by atoms with Gasteiger partial charge in [0, 0.05) is 27.7 Å². The predicted octanol–water partition coefficient (Wildman–Crippen LogP) is 10.9. The Hall–Kier alpha value is -4.60. The molecule has 5 aromatic rings. The van der Waals surface area contributed by atoms with Crippen LogP contribution in [-0.4, -0.2) is 77.6 Å². The number of rotatable bonds is 24. The Morgan fingerprint density at radius 3 is 1.49 bits per heavy atom. The van der Waals surface area contributed by atoms with Gasteiger partial charge in [-0.3, -0.25) is 13.8 Å². The first-order valence-electron chi connectivity index (χ1n) is 23.2. The van der Waals surface area contributed by atoms with Crippen LogP contribution in [0.3, 0.4) is 0 Å². The number of nitrogens with one attached hydrogen (secondary N) is 1. The number of aryl methyl sites for hydroxylation is 1. The van der Waals surface area contributed by atoms with Gasteiger partial charge in [-0.15, -0.1) is 0 Å². The molecule has 0 saturated carbocycles. The number of hydrogen-bond acceptors (Lipinski definition) is 10. The Morgan fingerprint density at radius 1 is 0.667 bits per heavy atom. The van der Waals surface area contributed by atoms with E-state index in [0.29, 0.717) is 71.8 Å². The molecule has 0 aliphatic rings. The molecule has 0 spiro atoms. The van der Waals surface area contributed by atoms with Crippen molar-refractivity contribution in [3.05, 3.63) is 148 Å². The van der Waals surface area contributed by atoms with Crippen LogP contribution in [0.1, 0.15) is 43.4 Å². The van der Waals surface area contributed by atoms with Crippen LogP contribution in [0.15, 0.2) is 114 Å². The molecule has 0 bridgehead atoms. The van der Waals surface area contributed by atoms with Crippen molar-refractivity contribution in [2.24, 2.45) is 23.7 Å². The second kappa shape index (κ2) is 28.3. The van der Waals surface area contributed by atoms with E-state index in [4.69, 9.17) is 36.9 Å². The van der Waals surface area contributed by atoms with E-state index in [1.807, 2.05) is 50.4 Å². The van der Waals surface area contributed by atoms with Crippen molar-refractivity contribution in [2.75, 3.05) is 33.4 Å². The Bertz CT molecular complexity index is 2500. The molecule has 4 atom stereocenters. The Morgan fingerprint density at radius 2 is 1.09 bits per heavy atom. The quantitative estimate of drug-likeness (QED) is 0.0310. The summed E-state index contributed by atoms with van der Waals surface area (Å²) in [5.74, 6) is -2.65. The molecule has 0 aliphatic carbocycles. The molecule has 69 heavy (non-hydrogen) atoms. The maximum atomic E-state index is 14.3. The summed E-state index contributed by atoms with van der Waals surface area (Å²) in [6.07, 6.45) is 3.05. The molecule has 0 amide bonds. The minimum absolute atomic E-state index is 0.00692. The van der Waals surface area contributed by atoms with Crippen LogP contribution in [0.5, 0.6) is 0 Å². The van der Waals surface area contributed by atoms with Gasteiger partial charge in [0.25, 0.3) is 23.9 Å². The fourth-order valence-electron chi connectivity index (χ4n) is 8.25. The van der Waals surface area contributed by atoms with Crippen LogP contribution in [0.2, 0.25) is 36.3 Å². The molecule has 0 unspecified atom stereocenters. The highest BCUT2D eigenvalue weighted by molar-refractivity contribution is 7.86. The summed E-state index contributed by atoms with van der Waals surface area (Å²) >= 11 is 12.0. The lowest BCUT2D eigenvalue weighted by molar-refractivity contribution is -0.150. The number of esters is 2. The third kappa shape index (κ3) is 18.9. The van der Waals surface area contributed by atoms with Gasteiger partial charge in [0.2, 0.25) is 0 Å². The normalized spacial score (nSPS) is 13.0. The number of benzene rings is 5. The highest BCUT2D eigenvalue weighted by Gasteiger charge is 2.30. The topological polar surface area (TPSA) is 148 Å². The van der Waals surface area contributed by atoms with Gasteiger partial charge in [0.15, 0.2) is 0 Å². The molecule has 0 heterocycles. The molecular formula is C52H63B2Cl2F2NO9S. The van der Waals surface area contributed by atoms with Gasteiger partial charge in [0.1, 0.15) is 11.6 Å². The average molecular weight is 1010 g/mol. The van der Waals surface area contributed by atoms with Crippen LogP contribution in [0.4, 0.5) is 8.78 Å². The Labute approximate surface area is 417 Å². The maximum absolute atomic E-state index is 14.3. The van der Waals surface area contributed by atoms with Crippen molar-refractivity contribution in [2.45, 2.75) is 77.6 Å². The van der Waals surface area contributed by atoms with E-state index in [1.54, 1.807) is 63.9 Å². The smallest absolute Gasteiger partial charge is 0.311 e. The second-order valence-corrected chi connectivity index (χ2v) is 19.9. The van der Waals surface area contributed by atoms with E-state index in [-0.39, 0.29) is 59.9 Å². The molecule has 0 aliphatic heterocycles. The molecule has 0 aromatic heterocycles. The molecule has 5 rings (SSSR count). The number of carbonyl (C=O) groups excluding carboxylic acids is 2. The molecule has 0 radical (unpaired) electrons. The molecule has 0 fully saturated rings. The molecule has 0 saturated heterocycles. The minimum Gasteiger partial charge on any atom is -0.466 e. The van der Waals surface area contributed by atoms with Gasteiger partial charge in [0.05, 0.1) is 36.6 Å². The standard InChI is InChI=1S/C29H33BClFO6S.C23H30BClFNO3/c1-4-37-29(33)24(19-38-39(35,36)26-12-5-20(2)6-13-26)16-22(18-30(3)34)15-21-7-9-23(10-8-21)27-17-25(31)11-14-28(27)32;1-4-30-23(28)19(15-27-3)12-17(14-24(2)29)11-16-5-7-18(8-6-16)21-13-20(25)9-10-22(21)26/h5-14,17,22,24,34H,4,15-16,18-19H2,1-3H3;5-10,13,17,19,27,29H,4,11-12,14-15H2,1-3H3/t22-,24+;17-,19+/m11/s1. The fraction of sp³-hybridized carbons (Fsp3) is 0.385. The number of ether oxygens (including phenoxy) is 2. The minimum atomic E-state index is -4.07. The Kier molecular flexibility index (Phi) is 23.4. The highest BCUT2D eigenvalue weighted by Crippen LogP contribution is 2.31. The van der Waals surface area contributed by atoms with Gasteiger partial charge in [-0.25, -0.2) is 8.78 Å². The summed E-state index contributed by atoms with van der Waals surface area (Å²) in [7, 11) is -2.26. The summed E-state index contributed by atoms with van der Waals surface area (Å²) in [5.41, 5.74) is 5.18. The van der Waals surface area contributed by atoms with Crippen LogP contribution >= 0.6 is 23.2 Å². The molecule has 10 nitrogen and oxygen atoms in total. The lowest BCUT2D eigenvalue weighted by atomic mass is 9.62. The van der Waals surface area contributed by atoms with E-state index in [2.05, 4.69) is 5.32 Å². The zero-order valence-electron chi connectivity index (χ0n) is 40.1. The van der Waals surface area contributed by atoms with Crippen molar-refractivity contribution in [1.82, 2.24) is 5.32 Å². The third-order valence-electron chi connectivity index (χ3n) is 11.4. The fourth-order valence-corrected chi connectivity index (χ4v) is 9.54. The summed E-state index contributed by atoms with van der Waals surface area (Å²) in [6, 6.07) is 30.1. The zero-order valence-corrected chi connectivity index (χ0v) is 42.4. The van der Waals surface area contributed by atoms with Crippen molar-refractivity contribution in [3.8, 4) is 22.3 Å². The molecule has 17 heteroatoms. The van der Waals surface area contributed by atoms with E-state index in [1.165, 1.54) is 36.4 Å². The van der Waals surface area contributed by atoms with Crippen LogP contribution in [0.25, 0.3) is 22.3 Å². The van der Waals surface area contributed by atoms with Crippen molar-refractivity contribution in [3.63, 3.8) is 0 Å². The van der Waals surface area contributed by atoms with Gasteiger partial charge < -0.3 is 24.8 Å². The zero-order chi connectivity index (χ0) is 50.7. The van der Waals surface area contributed by atoms with Crippen molar-refractivity contribution < 1.29 is 50.5 Å². The Balaban J connectivity index is 0.000000311. The monoisotopic (exact) mass is 1010 g/mol. The number of hydrogen-bond donors (Lipinski definition) is 3. The van der Waals surface area contributed by atoms with Gasteiger partial charge in [-0.1, -0.05) is 103 Å². The van der Waals surface area contributed by atoms with Gasteiger partial charge >= 0.3 is 11.9 Å². The predicted molar refractivity (Wildman–Crippen MR) is 273 cm³/mol. The second-order valence-electron chi connectivity index (χ2n) is 17.4. The van der Waals surface area contributed by atoms with Crippen LogP contribution in [0, 0.1) is 42.2 Å². The third-order valence-corrected chi connectivity index (χ3v) is 13.2. The maximum Gasteiger partial charge on any atom is 0.311 e. The first-order valence-corrected chi connectivity index (χ1v) is 25.4. The SMILES string of the molecule is CCOC(=O)[C@H](CNC)C[C@H](CB(C)O)Cc1ccc(-c2cc(Cl)ccc2F)cc1.CCOC(=O)[C@H](COS(=O)(=O)c1ccc(C)cc1)C[C@H](CB(C)O)Cc1ccc(-c2cc(Cl)ccc2F)cc1. The van der Waals surface area contributed by atoms with E-state index < -0.39 is 35.8 Å². The van der Waals surface area contributed by atoms with E-state index >= 15 is 0 Å². The largest absolute Gasteiger partial charge is 0.466 e. The van der Waals surface area contributed by atoms with Crippen LogP contribution < -0.4 is 5.32 Å². The average Bonchev–Trinajstić information content (AvgIpc) is 3.30. The van der Waals surface area contributed by atoms with Crippen LogP contribution in [-0.2, 0) is 46.2 Å².